The van der Waals surface area contributed by atoms with Crippen LogP contribution in [0.15, 0.2) is 30.5 Å². The molecular weight excluding hydrogens is 224 g/mol. The summed E-state index contributed by atoms with van der Waals surface area (Å²) in [5.41, 5.74) is 2.65. The number of rotatable bonds is 4. The third-order valence-corrected chi connectivity index (χ3v) is 2.67. The summed E-state index contributed by atoms with van der Waals surface area (Å²) in [5, 5.41) is 7.40. The van der Waals surface area contributed by atoms with Crippen molar-refractivity contribution in [3.05, 3.63) is 52.3 Å². The fourth-order valence-corrected chi connectivity index (χ4v) is 1.80. The molecule has 0 spiro atoms. The third kappa shape index (κ3) is 2.49. The molecule has 1 aromatic heterocycles. The third-order valence-electron chi connectivity index (χ3n) is 2.43. The molecular formula is C12H11ClN2O. The van der Waals surface area contributed by atoms with Gasteiger partial charge < -0.3 is 0 Å². The lowest BCUT2D eigenvalue weighted by Gasteiger charge is -2.01. The van der Waals surface area contributed by atoms with Crippen molar-refractivity contribution < 1.29 is 4.79 Å². The lowest BCUT2D eigenvalue weighted by Crippen LogP contribution is -1.95. The van der Waals surface area contributed by atoms with Crippen LogP contribution in [-0.2, 0) is 12.8 Å². The summed E-state index contributed by atoms with van der Waals surface area (Å²) in [6.07, 6.45) is 3.95. The van der Waals surface area contributed by atoms with Crippen LogP contribution in [0.3, 0.4) is 0 Å². The second kappa shape index (κ2) is 4.94. The minimum Gasteiger partial charge on any atom is -0.298 e. The van der Waals surface area contributed by atoms with E-state index in [0.29, 0.717) is 5.56 Å². The molecule has 0 saturated carbocycles. The van der Waals surface area contributed by atoms with Crippen LogP contribution in [0.5, 0.6) is 0 Å². The monoisotopic (exact) mass is 234 g/mol. The number of halogens is 1. The van der Waals surface area contributed by atoms with Gasteiger partial charge in [0.05, 0.1) is 11.8 Å². The zero-order valence-corrected chi connectivity index (χ0v) is 9.37. The van der Waals surface area contributed by atoms with E-state index in [1.54, 1.807) is 6.20 Å². The van der Waals surface area contributed by atoms with Crippen LogP contribution in [0.1, 0.15) is 21.6 Å². The molecule has 1 heterocycles. The number of benzene rings is 1. The number of carbonyl (C=O) groups is 1. The molecule has 1 N–H and O–H groups in total. The van der Waals surface area contributed by atoms with E-state index in [-0.39, 0.29) is 0 Å². The second-order valence-corrected chi connectivity index (χ2v) is 3.99. The Morgan fingerprint density at radius 1 is 1.38 bits per heavy atom. The first-order chi connectivity index (χ1) is 7.79. The highest BCUT2D eigenvalue weighted by Crippen LogP contribution is 2.13. The fraction of sp³-hybridized carbons (Fsp3) is 0.167. The first kappa shape index (κ1) is 10.9. The zero-order valence-electron chi connectivity index (χ0n) is 8.61. The molecule has 82 valence electrons. The largest absolute Gasteiger partial charge is 0.298 e. The van der Waals surface area contributed by atoms with Crippen LogP contribution in [-0.4, -0.2) is 16.5 Å². The van der Waals surface area contributed by atoms with Gasteiger partial charge in [0.2, 0.25) is 0 Å². The number of aromatic amines is 1. The lowest BCUT2D eigenvalue weighted by molar-refractivity contribution is 0.112. The van der Waals surface area contributed by atoms with E-state index in [9.17, 15) is 4.79 Å². The van der Waals surface area contributed by atoms with Crippen molar-refractivity contribution in [3.8, 4) is 0 Å². The maximum atomic E-state index is 10.7. The Morgan fingerprint density at radius 2 is 2.25 bits per heavy atom. The topological polar surface area (TPSA) is 45.8 Å². The highest BCUT2D eigenvalue weighted by atomic mass is 35.5. The molecule has 0 aliphatic carbocycles. The van der Waals surface area contributed by atoms with Crippen LogP contribution < -0.4 is 0 Å². The number of nitrogens with one attached hydrogen (secondary N) is 1. The Labute approximate surface area is 98.4 Å². The number of aldehydes is 1. The van der Waals surface area contributed by atoms with Crippen molar-refractivity contribution in [2.45, 2.75) is 12.8 Å². The standard InChI is InChI=1S/C12H11ClN2O/c13-11-3-1-2-9(6-11)4-5-12-10(8-16)7-14-15-12/h1-3,6-8H,4-5H2,(H,14,15). The summed E-state index contributed by atoms with van der Waals surface area (Å²) in [6, 6.07) is 7.71. The van der Waals surface area contributed by atoms with Gasteiger partial charge >= 0.3 is 0 Å². The van der Waals surface area contributed by atoms with Gasteiger partial charge in [0, 0.05) is 10.7 Å². The Balaban J connectivity index is 2.05. The fourth-order valence-electron chi connectivity index (χ4n) is 1.59. The average Bonchev–Trinajstić information content (AvgIpc) is 2.74. The molecule has 0 amide bonds. The molecule has 0 bridgehead atoms. The molecule has 0 aliphatic heterocycles. The van der Waals surface area contributed by atoms with Crippen LogP contribution in [0.4, 0.5) is 0 Å². The van der Waals surface area contributed by atoms with Crippen molar-refractivity contribution >= 4 is 17.9 Å². The lowest BCUT2D eigenvalue weighted by atomic mass is 10.1. The summed E-state index contributed by atoms with van der Waals surface area (Å²) < 4.78 is 0. The van der Waals surface area contributed by atoms with Gasteiger partial charge in [0.15, 0.2) is 6.29 Å². The number of carbonyl (C=O) groups excluding carboxylic acids is 1. The first-order valence-electron chi connectivity index (χ1n) is 5.01. The normalized spacial score (nSPS) is 10.3. The van der Waals surface area contributed by atoms with E-state index < -0.39 is 0 Å². The quantitative estimate of drug-likeness (QED) is 0.827. The predicted octanol–water partition coefficient (Wildman–Crippen LogP) is 2.66. The molecule has 3 nitrogen and oxygen atoms in total. The SMILES string of the molecule is O=Cc1cn[nH]c1CCc1cccc(Cl)c1. The van der Waals surface area contributed by atoms with Gasteiger partial charge in [-0.1, -0.05) is 23.7 Å². The molecule has 0 unspecified atom stereocenters. The van der Waals surface area contributed by atoms with Gasteiger partial charge in [-0.3, -0.25) is 9.89 Å². The predicted molar refractivity (Wildman–Crippen MR) is 62.8 cm³/mol. The Hall–Kier alpha value is -1.61. The highest BCUT2D eigenvalue weighted by molar-refractivity contribution is 6.30. The average molecular weight is 235 g/mol. The molecule has 0 atom stereocenters. The number of hydrogen-bond donors (Lipinski definition) is 1. The van der Waals surface area contributed by atoms with E-state index in [4.69, 9.17) is 11.6 Å². The van der Waals surface area contributed by atoms with Gasteiger partial charge in [0.25, 0.3) is 0 Å². The Bertz CT molecular complexity index is 493. The van der Waals surface area contributed by atoms with Crippen LogP contribution in [0.25, 0.3) is 0 Å². The number of H-pyrrole nitrogens is 1. The molecule has 16 heavy (non-hydrogen) atoms. The first-order valence-corrected chi connectivity index (χ1v) is 5.39. The van der Waals surface area contributed by atoms with Crippen LogP contribution in [0.2, 0.25) is 5.02 Å². The Kier molecular flexibility index (Phi) is 3.37. The van der Waals surface area contributed by atoms with E-state index in [2.05, 4.69) is 10.2 Å². The zero-order chi connectivity index (χ0) is 11.4. The van der Waals surface area contributed by atoms with Gasteiger partial charge in [-0.15, -0.1) is 0 Å². The van der Waals surface area contributed by atoms with Crippen molar-refractivity contribution in [2.75, 3.05) is 0 Å². The molecule has 2 rings (SSSR count). The van der Waals surface area contributed by atoms with Crippen LogP contribution >= 0.6 is 11.6 Å². The number of aromatic nitrogens is 2. The van der Waals surface area contributed by atoms with Crippen molar-refractivity contribution in [1.29, 1.82) is 0 Å². The molecule has 0 aliphatic rings. The number of aryl methyl sites for hydroxylation is 2. The molecule has 0 radical (unpaired) electrons. The van der Waals surface area contributed by atoms with Gasteiger partial charge in [0.1, 0.15) is 0 Å². The minimum atomic E-state index is 0.627. The van der Waals surface area contributed by atoms with Gasteiger partial charge in [-0.2, -0.15) is 5.10 Å². The smallest absolute Gasteiger partial charge is 0.153 e. The van der Waals surface area contributed by atoms with E-state index >= 15 is 0 Å². The van der Waals surface area contributed by atoms with Gasteiger partial charge in [-0.05, 0) is 30.5 Å². The highest BCUT2D eigenvalue weighted by Gasteiger charge is 2.04. The van der Waals surface area contributed by atoms with E-state index in [1.165, 1.54) is 0 Å². The maximum Gasteiger partial charge on any atom is 0.153 e. The van der Waals surface area contributed by atoms with E-state index in [0.717, 1.165) is 35.4 Å². The number of nitrogens with zero attached hydrogens (tertiary/aromatic N) is 1. The van der Waals surface area contributed by atoms with Crippen LogP contribution in [0, 0.1) is 0 Å². The summed E-state index contributed by atoms with van der Waals surface area (Å²) in [4.78, 5) is 10.7. The molecule has 0 fully saturated rings. The number of hydrogen-bond acceptors (Lipinski definition) is 2. The molecule has 4 heteroatoms. The minimum absolute atomic E-state index is 0.627. The summed E-state index contributed by atoms with van der Waals surface area (Å²) in [7, 11) is 0. The molecule has 2 aromatic rings. The summed E-state index contributed by atoms with van der Waals surface area (Å²) >= 11 is 5.89. The summed E-state index contributed by atoms with van der Waals surface area (Å²) in [5.74, 6) is 0. The summed E-state index contributed by atoms with van der Waals surface area (Å²) in [6.45, 7) is 0. The Morgan fingerprint density at radius 3 is 3.00 bits per heavy atom. The van der Waals surface area contributed by atoms with Gasteiger partial charge in [-0.25, -0.2) is 0 Å². The maximum absolute atomic E-state index is 10.7. The van der Waals surface area contributed by atoms with Crippen molar-refractivity contribution in [3.63, 3.8) is 0 Å². The molecule has 0 saturated heterocycles. The second-order valence-electron chi connectivity index (χ2n) is 3.55. The van der Waals surface area contributed by atoms with Crippen molar-refractivity contribution in [1.82, 2.24) is 10.2 Å². The van der Waals surface area contributed by atoms with E-state index in [1.807, 2.05) is 24.3 Å². The van der Waals surface area contributed by atoms with Crippen molar-refractivity contribution in [2.24, 2.45) is 0 Å². The molecule has 1 aromatic carbocycles.